The van der Waals surface area contributed by atoms with E-state index in [1.807, 2.05) is 31.2 Å². The molecule has 1 aromatic carbocycles. The average molecular weight is 227 g/mol. The van der Waals surface area contributed by atoms with E-state index in [9.17, 15) is 4.79 Å². The van der Waals surface area contributed by atoms with Crippen molar-refractivity contribution in [3.05, 3.63) is 53.3 Å². The van der Waals surface area contributed by atoms with Crippen LogP contribution in [0.5, 0.6) is 0 Å². The van der Waals surface area contributed by atoms with E-state index in [-0.39, 0.29) is 0 Å². The van der Waals surface area contributed by atoms with Crippen LogP contribution in [0, 0.1) is 13.8 Å². The lowest BCUT2D eigenvalue weighted by molar-refractivity contribution is 0.0696. The Hall–Kier alpha value is -2.16. The molecule has 0 unspecified atom stereocenters. The fraction of sp³-hybridized carbons (Fsp3) is 0.143. The number of rotatable bonds is 2. The van der Waals surface area contributed by atoms with Gasteiger partial charge in [-0.1, -0.05) is 18.2 Å². The molecule has 86 valence electrons. The van der Waals surface area contributed by atoms with Crippen molar-refractivity contribution in [1.82, 2.24) is 4.98 Å². The number of pyridine rings is 1. The van der Waals surface area contributed by atoms with Crippen molar-refractivity contribution in [3.8, 4) is 11.1 Å². The number of hydrogen-bond donors (Lipinski definition) is 1. The summed E-state index contributed by atoms with van der Waals surface area (Å²) in [6, 6.07) is 9.27. The van der Waals surface area contributed by atoms with Crippen LogP contribution in [0.25, 0.3) is 11.1 Å². The summed E-state index contributed by atoms with van der Waals surface area (Å²) in [7, 11) is 0. The van der Waals surface area contributed by atoms with Gasteiger partial charge in [0.1, 0.15) is 0 Å². The molecule has 0 aliphatic heterocycles. The molecule has 2 aromatic rings. The minimum absolute atomic E-state index is 0.336. The minimum Gasteiger partial charge on any atom is -0.478 e. The van der Waals surface area contributed by atoms with Gasteiger partial charge in [-0.3, -0.25) is 4.98 Å². The van der Waals surface area contributed by atoms with Crippen LogP contribution in [0.2, 0.25) is 0 Å². The molecule has 0 bridgehead atoms. The van der Waals surface area contributed by atoms with Gasteiger partial charge in [0.2, 0.25) is 0 Å². The molecule has 0 radical (unpaired) electrons. The van der Waals surface area contributed by atoms with Crippen molar-refractivity contribution in [2.45, 2.75) is 13.8 Å². The van der Waals surface area contributed by atoms with E-state index in [2.05, 4.69) is 4.98 Å². The number of carbonyl (C=O) groups is 1. The zero-order valence-electron chi connectivity index (χ0n) is 9.77. The van der Waals surface area contributed by atoms with Gasteiger partial charge in [0.05, 0.1) is 5.56 Å². The fourth-order valence-electron chi connectivity index (χ4n) is 1.67. The monoisotopic (exact) mass is 227 g/mol. The summed E-state index contributed by atoms with van der Waals surface area (Å²) in [6.45, 7) is 3.71. The van der Waals surface area contributed by atoms with Crippen molar-refractivity contribution in [2.75, 3.05) is 0 Å². The lowest BCUT2D eigenvalue weighted by Crippen LogP contribution is -1.99. The van der Waals surface area contributed by atoms with Crippen LogP contribution in [-0.2, 0) is 0 Å². The highest BCUT2D eigenvalue weighted by molar-refractivity contribution is 5.91. The summed E-state index contributed by atoms with van der Waals surface area (Å²) >= 11 is 0. The van der Waals surface area contributed by atoms with Gasteiger partial charge in [-0.15, -0.1) is 0 Å². The predicted molar refractivity (Wildman–Crippen MR) is 66.1 cm³/mol. The number of carboxylic acids is 1. The molecular formula is C14H13NO2. The Balaban J connectivity index is 2.50. The molecule has 3 nitrogen and oxygen atoms in total. The van der Waals surface area contributed by atoms with Crippen molar-refractivity contribution in [3.63, 3.8) is 0 Å². The van der Waals surface area contributed by atoms with Crippen LogP contribution in [0.4, 0.5) is 0 Å². The molecule has 0 spiro atoms. The molecule has 0 saturated heterocycles. The minimum atomic E-state index is -0.899. The van der Waals surface area contributed by atoms with Gasteiger partial charge in [0, 0.05) is 17.5 Å². The number of nitrogens with zero attached hydrogens (tertiary/aromatic N) is 1. The molecule has 0 fully saturated rings. The first-order chi connectivity index (χ1) is 8.08. The lowest BCUT2D eigenvalue weighted by Gasteiger charge is -2.05. The van der Waals surface area contributed by atoms with Crippen LogP contribution in [-0.4, -0.2) is 16.1 Å². The normalized spacial score (nSPS) is 10.2. The maximum absolute atomic E-state index is 11.0. The van der Waals surface area contributed by atoms with E-state index in [1.165, 1.54) is 0 Å². The molecule has 1 heterocycles. The number of carboxylic acid groups (broad SMARTS) is 1. The molecule has 3 heteroatoms. The third-order valence-electron chi connectivity index (χ3n) is 2.71. The first kappa shape index (κ1) is 11.3. The number of aromatic carboxylic acids is 1. The Morgan fingerprint density at radius 2 is 1.82 bits per heavy atom. The summed E-state index contributed by atoms with van der Waals surface area (Å²) in [6.07, 6.45) is 1.76. The van der Waals surface area contributed by atoms with Crippen LogP contribution in [0.1, 0.15) is 21.6 Å². The molecule has 0 aliphatic carbocycles. The number of benzene rings is 1. The van der Waals surface area contributed by atoms with Crippen molar-refractivity contribution < 1.29 is 9.90 Å². The number of aryl methyl sites for hydroxylation is 2. The lowest BCUT2D eigenvalue weighted by atomic mass is 10.0. The van der Waals surface area contributed by atoms with Gasteiger partial charge in [-0.25, -0.2) is 4.79 Å². The first-order valence-electron chi connectivity index (χ1n) is 5.35. The summed E-state index contributed by atoms with van der Waals surface area (Å²) in [5.74, 6) is -0.899. The molecular weight excluding hydrogens is 214 g/mol. The Kier molecular flexibility index (Phi) is 2.91. The molecule has 0 amide bonds. The average Bonchev–Trinajstić information content (AvgIpc) is 2.30. The van der Waals surface area contributed by atoms with Gasteiger partial charge >= 0.3 is 5.97 Å². The highest BCUT2D eigenvalue weighted by Crippen LogP contribution is 2.22. The van der Waals surface area contributed by atoms with E-state index in [1.54, 1.807) is 19.2 Å². The Bertz CT molecular complexity index is 559. The van der Waals surface area contributed by atoms with Crippen LogP contribution in [0.3, 0.4) is 0 Å². The third-order valence-corrected chi connectivity index (χ3v) is 2.71. The molecule has 2 rings (SSSR count). The van der Waals surface area contributed by atoms with E-state index in [0.717, 1.165) is 22.4 Å². The number of aromatic nitrogens is 1. The van der Waals surface area contributed by atoms with Crippen LogP contribution >= 0.6 is 0 Å². The molecule has 1 aromatic heterocycles. The quantitative estimate of drug-likeness (QED) is 0.857. The second-order valence-corrected chi connectivity index (χ2v) is 4.02. The fourth-order valence-corrected chi connectivity index (χ4v) is 1.67. The van der Waals surface area contributed by atoms with Crippen LogP contribution in [0.15, 0.2) is 36.5 Å². The molecule has 17 heavy (non-hydrogen) atoms. The molecule has 0 atom stereocenters. The van der Waals surface area contributed by atoms with E-state index in [0.29, 0.717) is 5.56 Å². The van der Waals surface area contributed by atoms with E-state index in [4.69, 9.17) is 5.11 Å². The standard InChI is InChI=1S/C14H13NO2/c1-9-3-5-11(7-13(9)14(16)17)12-6-4-10(2)15-8-12/h3-8H,1-2H3,(H,16,17). The smallest absolute Gasteiger partial charge is 0.335 e. The maximum Gasteiger partial charge on any atom is 0.335 e. The zero-order chi connectivity index (χ0) is 12.4. The predicted octanol–water partition coefficient (Wildman–Crippen LogP) is 3.06. The van der Waals surface area contributed by atoms with E-state index < -0.39 is 5.97 Å². The number of hydrogen-bond acceptors (Lipinski definition) is 2. The Morgan fingerprint density at radius 3 is 2.41 bits per heavy atom. The molecule has 0 saturated carbocycles. The van der Waals surface area contributed by atoms with Gasteiger partial charge < -0.3 is 5.11 Å². The van der Waals surface area contributed by atoms with Crippen molar-refractivity contribution in [2.24, 2.45) is 0 Å². The summed E-state index contributed by atoms with van der Waals surface area (Å²) in [5, 5.41) is 9.07. The summed E-state index contributed by atoms with van der Waals surface area (Å²) < 4.78 is 0. The van der Waals surface area contributed by atoms with Crippen LogP contribution < -0.4 is 0 Å². The van der Waals surface area contributed by atoms with Gasteiger partial charge in [-0.2, -0.15) is 0 Å². The molecule has 0 aliphatic rings. The largest absolute Gasteiger partial charge is 0.478 e. The highest BCUT2D eigenvalue weighted by Gasteiger charge is 2.08. The topological polar surface area (TPSA) is 50.2 Å². The second-order valence-electron chi connectivity index (χ2n) is 4.02. The Labute approximate surface area is 99.8 Å². The van der Waals surface area contributed by atoms with Gasteiger partial charge in [0.25, 0.3) is 0 Å². The van der Waals surface area contributed by atoms with E-state index >= 15 is 0 Å². The first-order valence-corrected chi connectivity index (χ1v) is 5.35. The van der Waals surface area contributed by atoms with Crippen molar-refractivity contribution in [1.29, 1.82) is 0 Å². The SMILES string of the molecule is Cc1ccc(-c2ccc(C)c(C(=O)O)c2)cn1. The molecule has 1 N–H and O–H groups in total. The van der Waals surface area contributed by atoms with Crippen molar-refractivity contribution >= 4 is 5.97 Å². The second kappa shape index (κ2) is 4.37. The third kappa shape index (κ3) is 2.33. The van der Waals surface area contributed by atoms with Gasteiger partial charge in [-0.05, 0) is 37.1 Å². The zero-order valence-corrected chi connectivity index (χ0v) is 9.77. The van der Waals surface area contributed by atoms with Gasteiger partial charge in [0.15, 0.2) is 0 Å². The highest BCUT2D eigenvalue weighted by atomic mass is 16.4. The summed E-state index contributed by atoms with van der Waals surface area (Å²) in [4.78, 5) is 15.2. The summed E-state index contributed by atoms with van der Waals surface area (Å²) in [5.41, 5.74) is 3.85. The maximum atomic E-state index is 11.0. The Morgan fingerprint density at radius 1 is 1.12 bits per heavy atom.